The van der Waals surface area contributed by atoms with Gasteiger partial charge in [0.05, 0.1) is 14.2 Å². The molecule has 1 aromatic carbocycles. The van der Waals surface area contributed by atoms with Crippen LogP contribution in [0.15, 0.2) is 12.1 Å². The summed E-state index contributed by atoms with van der Waals surface area (Å²) in [5.74, 6) is 2.52. The van der Waals surface area contributed by atoms with Crippen molar-refractivity contribution >= 4 is 0 Å². The van der Waals surface area contributed by atoms with Gasteiger partial charge >= 0.3 is 0 Å². The Morgan fingerprint density at radius 3 is 2.38 bits per heavy atom. The van der Waals surface area contributed by atoms with Crippen LogP contribution in [0.4, 0.5) is 0 Å². The van der Waals surface area contributed by atoms with E-state index in [1.165, 1.54) is 11.1 Å². The summed E-state index contributed by atoms with van der Waals surface area (Å²) in [4.78, 5) is 0. The lowest BCUT2D eigenvalue weighted by atomic mass is 9.83. The van der Waals surface area contributed by atoms with Gasteiger partial charge in [-0.05, 0) is 43.9 Å². The molecule has 0 bridgehead atoms. The molecule has 16 heavy (non-hydrogen) atoms. The Bertz CT molecular complexity index is 376. The van der Waals surface area contributed by atoms with Gasteiger partial charge in [0.25, 0.3) is 0 Å². The van der Waals surface area contributed by atoms with Crippen LogP contribution in [0.5, 0.6) is 11.5 Å². The Kier molecular flexibility index (Phi) is 3.34. The van der Waals surface area contributed by atoms with E-state index >= 15 is 0 Å². The summed E-state index contributed by atoms with van der Waals surface area (Å²) in [6, 6.07) is 3.97. The number of methoxy groups -OCH3 is 2. The molecule has 0 saturated heterocycles. The first-order valence-corrected chi connectivity index (χ1v) is 5.73. The van der Waals surface area contributed by atoms with Gasteiger partial charge in [-0.2, -0.15) is 0 Å². The lowest BCUT2D eigenvalue weighted by Crippen LogP contribution is -2.23. The minimum absolute atomic E-state index is 0.577. The van der Waals surface area contributed by atoms with Gasteiger partial charge in [0, 0.05) is 11.1 Å². The van der Waals surface area contributed by atoms with Gasteiger partial charge in [0.1, 0.15) is 11.5 Å². The first-order valence-electron chi connectivity index (χ1n) is 5.73. The second-order valence-corrected chi connectivity index (χ2v) is 4.27. The monoisotopic (exact) mass is 221 g/mol. The van der Waals surface area contributed by atoms with Crippen molar-refractivity contribution in [1.82, 2.24) is 0 Å². The topological polar surface area (TPSA) is 44.5 Å². The van der Waals surface area contributed by atoms with E-state index in [-0.39, 0.29) is 0 Å². The highest BCUT2D eigenvalue weighted by Crippen LogP contribution is 2.37. The van der Waals surface area contributed by atoms with E-state index in [1.54, 1.807) is 14.2 Å². The molecule has 3 heteroatoms. The fourth-order valence-corrected chi connectivity index (χ4v) is 2.47. The van der Waals surface area contributed by atoms with Crippen LogP contribution < -0.4 is 15.2 Å². The van der Waals surface area contributed by atoms with E-state index in [4.69, 9.17) is 15.2 Å². The first kappa shape index (κ1) is 11.3. The molecule has 0 aromatic heterocycles. The van der Waals surface area contributed by atoms with Crippen molar-refractivity contribution in [3.8, 4) is 11.5 Å². The van der Waals surface area contributed by atoms with E-state index < -0.39 is 0 Å². The third-order valence-electron chi connectivity index (χ3n) is 3.41. The Balaban J connectivity index is 2.42. The van der Waals surface area contributed by atoms with E-state index in [9.17, 15) is 0 Å². The maximum atomic E-state index is 5.75. The zero-order chi connectivity index (χ0) is 11.5. The molecule has 2 N–H and O–H groups in total. The number of hydrogen-bond acceptors (Lipinski definition) is 3. The summed E-state index contributed by atoms with van der Waals surface area (Å²) >= 11 is 0. The summed E-state index contributed by atoms with van der Waals surface area (Å²) in [5, 5.41) is 0. The first-order chi connectivity index (χ1) is 7.80. The Labute approximate surface area is 96.5 Å². The van der Waals surface area contributed by atoms with Crippen LogP contribution in [0.3, 0.4) is 0 Å². The van der Waals surface area contributed by atoms with Crippen LogP contribution in [-0.4, -0.2) is 20.8 Å². The van der Waals surface area contributed by atoms with Crippen LogP contribution >= 0.6 is 0 Å². The second-order valence-electron chi connectivity index (χ2n) is 4.27. The summed E-state index contributed by atoms with van der Waals surface area (Å²) in [7, 11) is 3.44. The highest BCUT2D eigenvalue weighted by Gasteiger charge is 2.23. The molecule has 0 heterocycles. The molecule has 88 valence electrons. The molecule has 1 aliphatic rings. The summed E-state index contributed by atoms with van der Waals surface area (Å²) in [5.41, 5.74) is 8.33. The summed E-state index contributed by atoms with van der Waals surface area (Å²) in [6.45, 7) is 0.750. The minimum Gasteiger partial charge on any atom is -0.496 e. The second kappa shape index (κ2) is 4.74. The van der Waals surface area contributed by atoms with E-state index in [0.717, 1.165) is 37.3 Å². The number of nitrogens with two attached hydrogens (primary N) is 1. The normalized spacial score (nSPS) is 19.1. The maximum Gasteiger partial charge on any atom is 0.122 e. The van der Waals surface area contributed by atoms with E-state index in [0.29, 0.717) is 5.92 Å². The van der Waals surface area contributed by atoms with Crippen LogP contribution in [-0.2, 0) is 12.8 Å². The molecule has 1 aromatic rings. The number of ether oxygens (including phenoxy) is 2. The molecule has 2 rings (SSSR count). The van der Waals surface area contributed by atoms with Crippen molar-refractivity contribution in [1.29, 1.82) is 0 Å². The fraction of sp³-hybridized carbons (Fsp3) is 0.538. The maximum absolute atomic E-state index is 5.75. The number of fused-ring (bicyclic) bond motifs is 1. The standard InChI is InChI=1S/C13H19NO2/c1-15-12-5-6-13(16-2)11-7-9(8-14)3-4-10(11)12/h5-6,9H,3-4,7-8,14H2,1-2H3. The molecule has 1 atom stereocenters. The fourth-order valence-electron chi connectivity index (χ4n) is 2.47. The van der Waals surface area contributed by atoms with Crippen molar-refractivity contribution < 1.29 is 9.47 Å². The van der Waals surface area contributed by atoms with Crippen molar-refractivity contribution in [2.75, 3.05) is 20.8 Å². The minimum atomic E-state index is 0.577. The average molecular weight is 221 g/mol. The van der Waals surface area contributed by atoms with Gasteiger partial charge < -0.3 is 15.2 Å². The van der Waals surface area contributed by atoms with Crippen molar-refractivity contribution in [3.63, 3.8) is 0 Å². The zero-order valence-electron chi connectivity index (χ0n) is 9.95. The van der Waals surface area contributed by atoms with Gasteiger partial charge in [-0.3, -0.25) is 0 Å². The van der Waals surface area contributed by atoms with Crippen LogP contribution in [0.2, 0.25) is 0 Å². The largest absolute Gasteiger partial charge is 0.496 e. The molecular formula is C13H19NO2. The van der Waals surface area contributed by atoms with E-state index in [2.05, 4.69) is 0 Å². The predicted octanol–water partition coefficient (Wildman–Crippen LogP) is 1.77. The molecule has 3 nitrogen and oxygen atoms in total. The van der Waals surface area contributed by atoms with Gasteiger partial charge in [-0.1, -0.05) is 0 Å². The molecular weight excluding hydrogens is 202 g/mol. The molecule has 0 spiro atoms. The van der Waals surface area contributed by atoms with Gasteiger partial charge in [0.15, 0.2) is 0 Å². The third-order valence-corrected chi connectivity index (χ3v) is 3.41. The molecule has 1 unspecified atom stereocenters. The lowest BCUT2D eigenvalue weighted by Gasteiger charge is -2.26. The molecule has 0 radical (unpaired) electrons. The van der Waals surface area contributed by atoms with Crippen molar-refractivity contribution in [2.24, 2.45) is 11.7 Å². The number of hydrogen-bond donors (Lipinski definition) is 1. The van der Waals surface area contributed by atoms with Crippen molar-refractivity contribution in [3.05, 3.63) is 23.3 Å². The highest BCUT2D eigenvalue weighted by atomic mass is 16.5. The third kappa shape index (κ3) is 1.87. The predicted molar refractivity (Wildman–Crippen MR) is 64.1 cm³/mol. The molecule has 0 amide bonds. The Morgan fingerprint density at radius 1 is 1.19 bits per heavy atom. The quantitative estimate of drug-likeness (QED) is 0.846. The molecule has 0 aliphatic heterocycles. The molecule has 0 saturated carbocycles. The number of benzene rings is 1. The van der Waals surface area contributed by atoms with Crippen LogP contribution in [0.1, 0.15) is 17.5 Å². The number of rotatable bonds is 3. The smallest absolute Gasteiger partial charge is 0.122 e. The van der Waals surface area contributed by atoms with Gasteiger partial charge in [-0.15, -0.1) is 0 Å². The molecule has 1 aliphatic carbocycles. The molecule has 0 fully saturated rings. The SMILES string of the molecule is COc1ccc(OC)c2c1CCC(CN)C2. The van der Waals surface area contributed by atoms with Crippen LogP contribution in [0.25, 0.3) is 0 Å². The Hall–Kier alpha value is -1.22. The van der Waals surface area contributed by atoms with E-state index in [1.807, 2.05) is 12.1 Å². The van der Waals surface area contributed by atoms with Crippen molar-refractivity contribution in [2.45, 2.75) is 19.3 Å². The zero-order valence-corrected chi connectivity index (χ0v) is 9.95. The lowest BCUT2D eigenvalue weighted by molar-refractivity contribution is 0.374. The highest BCUT2D eigenvalue weighted by molar-refractivity contribution is 5.50. The summed E-state index contributed by atoms with van der Waals surface area (Å²) in [6.07, 6.45) is 3.19. The average Bonchev–Trinajstić information content (AvgIpc) is 2.36. The Morgan fingerprint density at radius 2 is 1.81 bits per heavy atom. The summed E-state index contributed by atoms with van der Waals surface area (Å²) < 4.78 is 10.8. The van der Waals surface area contributed by atoms with Crippen LogP contribution in [0, 0.1) is 5.92 Å². The van der Waals surface area contributed by atoms with Gasteiger partial charge in [-0.25, -0.2) is 0 Å². The van der Waals surface area contributed by atoms with Gasteiger partial charge in [0.2, 0.25) is 0 Å².